The van der Waals surface area contributed by atoms with E-state index in [0.717, 1.165) is 6.54 Å². The Morgan fingerprint density at radius 2 is 1.91 bits per heavy atom. The van der Waals surface area contributed by atoms with Gasteiger partial charge in [-0.15, -0.1) is 0 Å². The molecule has 1 unspecified atom stereocenters. The van der Waals surface area contributed by atoms with Gasteiger partial charge >= 0.3 is 0 Å². The van der Waals surface area contributed by atoms with Gasteiger partial charge in [-0.25, -0.2) is 0 Å². The molecule has 0 bridgehead atoms. The summed E-state index contributed by atoms with van der Waals surface area (Å²) in [6.45, 7) is 0.710. The zero-order valence-corrected chi connectivity index (χ0v) is 12.7. The molecule has 22 heavy (non-hydrogen) atoms. The molecule has 0 heterocycles. The molecule has 1 aromatic rings. The Kier molecular flexibility index (Phi) is 4.16. The molecule has 4 N–H and O–H groups in total. The number of carbonyl (C=O) groups is 2. The first-order chi connectivity index (χ1) is 10.6. The second-order valence-corrected chi connectivity index (χ2v) is 6.53. The molecule has 118 valence electrons. The first-order valence-corrected chi connectivity index (χ1v) is 7.98. The summed E-state index contributed by atoms with van der Waals surface area (Å²) >= 11 is 0. The van der Waals surface area contributed by atoms with Crippen molar-refractivity contribution < 1.29 is 9.59 Å². The van der Waals surface area contributed by atoms with Gasteiger partial charge in [0.05, 0.1) is 6.54 Å². The lowest BCUT2D eigenvalue weighted by atomic mass is 9.53. The van der Waals surface area contributed by atoms with Crippen LogP contribution in [-0.2, 0) is 11.3 Å². The third kappa shape index (κ3) is 2.99. The normalized spacial score (nSPS) is 21.7. The second-order valence-electron chi connectivity index (χ2n) is 6.53. The van der Waals surface area contributed by atoms with Crippen molar-refractivity contribution in [2.75, 3.05) is 6.54 Å². The van der Waals surface area contributed by atoms with Crippen LogP contribution in [0.2, 0.25) is 0 Å². The zero-order chi connectivity index (χ0) is 15.6. The smallest absolute Gasteiger partial charge is 0.251 e. The fourth-order valence-corrected chi connectivity index (χ4v) is 3.53. The highest BCUT2D eigenvalue weighted by molar-refractivity contribution is 5.96. The van der Waals surface area contributed by atoms with E-state index in [2.05, 4.69) is 10.6 Å². The molecule has 5 nitrogen and oxygen atoms in total. The first-order valence-electron chi connectivity index (χ1n) is 7.98. The SMILES string of the molecule is NC(=O)CNC(=O)c1ccc(CNC2CCC23CCC3)cc1. The van der Waals surface area contributed by atoms with Crippen LogP contribution in [0.5, 0.6) is 0 Å². The number of nitrogens with two attached hydrogens (primary N) is 1. The van der Waals surface area contributed by atoms with Crippen LogP contribution in [0.25, 0.3) is 0 Å². The van der Waals surface area contributed by atoms with E-state index in [1.807, 2.05) is 12.1 Å². The molecule has 0 aromatic heterocycles. The minimum Gasteiger partial charge on any atom is -0.368 e. The van der Waals surface area contributed by atoms with Crippen LogP contribution in [0.4, 0.5) is 0 Å². The quantitative estimate of drug-likeness (QED) is 0.741. The molecule has 3 rings (SSSR count). The molecule has 5 heteroatoms. The summed E-state index contributed by atoms with van der Waals surface area (Å²) in [5.41, 5.74) is 7.33. The third-order valence-corrected chi connectivity index (χ3v) is 5.21. The fourth-order valence-electron chi connectivity index (χ4n) is 3.53. The number of amides is 2. The predicted molar refractivity (Wildman–Crippen MR) is 84.1 cm³/mol. The van der Waals surface area contributed by atoms with E-state index in [-0.39, 0.29) is 12.5 Å². The number of hydrogen-bond donors (Lipinski definition) is 3. The molecule has 2 saturated carbocycles. The molecule has 2 amide bonds. The van der Waals surface area contributed by atoms with Gasteiger partial charge in [-0.1, -0.05) is 18.6 Å². The lowest BCUT2D eigenvalue weighted by molar-refractivity contribution is -0.117. The van der Waals surface area contributed by atoms with E-state index >= 15 is 0 Å². The van der Waals surface area contributed by atoms with E-state index in [1.165, 1.54) is 37.7 Å². The summed E-state index contributed by atoms with van der Waals surface area (Å²) in [6, 6.07) is 8.15. The van der Waals surface area contributed by atoms with Crippen molar-refractivity contribution in [3.63, 3.8) is 0 Å². The second kappa shape index (κ2) is 6.08. The third-order valence-electron chi connectivity index (χ3n) is 5.21. The van der Waals surface area contributed by atoms with E-state index in [9.17, 15) is 9.59 Å². The molecule has 1 spiro atoms. The van der Waals surface area contributed by atoms with Gasteiger partial charge in [-0.05, 0) is 48.8 Å². The standard InChI is InChI=1S/C17H23N3O2/c18-15(21)11-20-16(22)13-4-2-12(3-5-13)10-19-14-6-9-17(14)7-1-8-17/h2-5,14,19H,1,6-11H2,(H2,18,21)(H,20,22). The molecule has 1 atom stereocenters. The summed E-state index contributed by atoms with van der Waals surface area (Å²) in [7, 11) is 0. The van der Waals surface area contributed by atoms with Crippen LogP contribution in [0.3, 0.4) is 0 Å². The van der Waals surface area contributed by atoms with Crippen molar-refractivity contribution in [3.05, 3.63) is 35.4 Å². The summed E-state index contributed by atoms with van der Waals surface area (Å²) in [5.74, 6) is -0.815. The number of primary amides is 1. The summed E-state index contributed by atoms with van der Waals surface area (Å²) in [5, 5.41) is 6.14. The molecule has 2 fully saturated rings. The summed E-state index contributed by atoms with van der Waals surface area (Å²) in [4.78, 5) is 22.4. The Balaban J connectivity index is 1.49. The number of hydrogen-bond acceptors (Lipinski definition) is 3. The van der Waals surface area contributed by atoms with E-state index in [1.54, 1.807) is 12.1 Å². The molecule has 2 aliphatic carbocycles. The van der Waals surface area contributed by atoms with Gasteiger partial charge in [0.25, 0.3) is 5.91 Å². The highest BCUT2D eigenvalue weighted by Crippen LogP contribution is 2.55. The monoisotopic (exact) mass is 301 g/mol. The molecule has 2 aliphatic rings. The number of rotatable bonds is 6. The van der Waals surface area contributed by atoms with E-state index < -0.39 is 5.91 Å². The van der Waals surface area contributed by atoms with Crippen molar-refractivity contribution in [1.29, 1.82) is 0 Å². The maximum Gasteiger partial charge on any atom is 0.251 e. The number of nitrogens with one attached hydrogen (secondary N) is 2. The molecular weight excluding hydrogens is 278 g/mol. The maximum absolute atomic E-state index is 11.8. The molecular formula is C17H23N3O2. The van der Waals surface area contributed by atoms with Gasteiger partial charge in [0.1, 0.15) is 0 Å². The maximum atomic E-state index is 11.8. The molecule has 0 saturated heterocycles. The molecule has 0 radical (unpaired) electrons. The topological polar surface area (TPSA) is 84.2 Å². The highest BCUT2D eigenvalue weighted by atomic mass is 16.2. The minimum absolute atomic E-state index is 0.133. The Hall–Kier alpha value is -1.88. The number of carbonyl (C=O) groups excluding carboxylic acids is 2. The van der Waals surface area contributed by atoms with Gasteiger partial charge < -0.3 is 16.4 Å². The summed E-state index contributed by atoms with van der Waals surface area (Å²) < 4.78 is 0. The van der Waals surface area contributed by atoms with E-state index in [0.29, 0.717) is 17.0 Å². The first kappa shape index (κ1) is 15.0. The Morgan fingerprint density at radius 3 is 2.41 bits per heavy atom. The average Bonchev–Trinajstić information content (AvgIpc) is 2.43. The summed E-state index contributed by atoms with van der Waals surface area (Å²) in [6.07, 6.45) is 6.80. The fraction of sp³-hybridized carbons (Fsp3) is 0.529. The van der Waals surface area contributed by atoms with Crippen LogP contribution < -0.4 is 16.4 Å². The lowest BCUT2D eigenvalue weighted by Crippen LogP contribution is -2.56. The number of benzene rings is 1. The van der Waals surface area contributed by atoms with Crippen LogP contribution >= 0.6 is 0 Å². The van der Waals surface area contributed by atoms with Crippen LogP contribution in [-0.4, -0.2) is 24.4 Å². The van der Waals surface area contributed by atoms with Gasteiger partial charge in [0.15, 0.2) is 0 Å². The molecule has 0 aliphatic heterocycles. The average molecular weight is 301 g/mol. The van der Waals surface area contributed by atoms with Crippen LogP contribution in [0.1, 0.15) is 48.0 Å². The molecule has 1 aromatic carbocycles. The zero-order valence-electron chi connectivity index (χ0n) is 12.7. The van der Waals surface area contributed by atoms with Crippen LogP contribution in [0, 0.1) is 5.41 Å². The van der Waals surface area contributed by atoms with Crippen molar-refractivity contribution >= 4 is 11.8 Å². The Labute approximate surface area is 130 Å². The van der Waals surface area contributed by atoms with E-state index in [4.69, 9.17) is 5.73 Å². The highest BCUT2D eigenvalue weighted by Gasteiger charge is 2.50. The van der Waals surface area contributed by atoms with Gasteiger partial charge in [0, 0.05) is 18.2 Å². The van der Waals surface area contributed by atoms with Crippen molar-refractivity contribution in [3.8, 4) is 0 Å². The van der Waals surface area contributed by atoms with Gasteiger partial charge in [-0.3, -0.25) is 9.59 Å². The van der Waals surface area contributed by atoms with Gasteiger partial charge in [0.2, 0.25) is 5.91 Å². The Bertz CT molecular complexity index is 558. The minimum atomic E-state index is -0.542. The van der Waals surface area contributed by atoms with Crippen molar-refractivity contribution in [2.24, 2.45) is 11.1 Å². The largest absolute Gasteiger partial charge is 0.368 e. The predicted octanol–water partition coefficient (Wildman–Crippen LogP) is 1.32. The van der Waals surface area contributed by atoms with Gasteiger partial charge in [-0.2, -0.15) is 0 Å². The van der Waals surface area contributed by atoms with Crippen molar-refractivity contribution in [2.45, 2.75) is 44.7 Å². The Morgan fingerprint density at radius 1 is 1.18 bits per heavy atom. The van der Waals surface area contributed by atoms with Crippen LogP contribution in [0.15, 0.2) is 24.3 Å². The lowest BCUT2D eigenvalue weighted by Gasteiger charge is -2.56. The van der Waals surface area contributed by atoms with Crippen molar-refractivity contribution in [1.82, 2.24) is 10.6 Å².